The summed E-state index contributed by atoms with van der Waals surface area (Å²) in [5.74, 6) is 11.5. The average molecular weight is 210 g/mol. The fraction of sp³-hybridized carbons (Fsp3) is 0.167. The second-order valence-corrected chi connectivity index (χ2v) is 3.07. The zero-order valence-corrected chi connectivity index (χ0v) is 8.67. The van der Waals surface area contributed by atoms with E-state index in [1.165, 1.54) is 0 Å². The summed E-state index contributed by atoms with van der Waals surface area (Å²) in [6, 6.07) is 0. The first-order chi connectivity index (χ1) is 7.95. The molecular formula is C12H10N4. The van der Waals surface area contributed by atoms with Crippen LogP contribution in [-0.2, 0) is 13.1 Å². The van der Waals surface area contributed by atoms with Crippen LogP contribution in [0.3, 0.4) is 0 Å². The molecule has 0 saturated heterocycles. The van der Waals surface area contributed by atoms with Gasteiger partial charge in [-0.1, -0.05) is 11.8 Å². The SMILES string of the molecule is C(C#CCn1ccnc1)#CCn1ccnc1. The first kappa shape index (κ1) is 10.1. The van der Waals surface area contributed by atoms with Crippen molar-refractivity contribution in [2.75, 3.05) is 0 Å². The molecule has 2 aromatic rings. The molecule has 0 unspecified atom stereocenters. The highest BCUT2D eigenvalue weighted by atomic mass is 15.0. The Labute approximate surface area is 94.0 Å². The summed E-state index contributed by atoms with van der Waals surface area (Å²) in [6.07, 6.45) is 10.7. The van der Waals surface area contributed by atoms with E-state index in [0.717, 1.165) is 0 Å². The summed E-state index contributed by atoms with van der Waals surface area (Å²) >= 11 is 0. The molecule has 0 fully saturated rings. The Morgan fingerprint density at radius 3 is 1.69 bits per heavy atom. The number of hydrogen-bond acceptors (Lipinski definition) is 2. The maximum absolute atomic E-state index is 3.92. The number of imidazole rings is 2. The van der Waals surface area contributed by atoms with Crippen molar-refractivity contribution < 1.29 is 0 Å². The van der Waals surface area contributed by atoms with Gasteiger partial charge in [-0.25, -0.2) is 9.97 Å². The summed E-state index contributed by atoms with van der Waals surface area (Å²) < 4.78 is 3.79. The molecule has 0 N–H and O–H groups in total. The lowest BCUT2D eigenvalue weighted by Crippen LogP contribution is -1.90. The van der Waals surface area contributed by atoms with Crippen LogP contribution < -0.4 is 0 Å². The zero-order valence-electron chi connectivity index (χ0n) is 8.67. The molecule has 0 bridgehead atoms. The predicted octanol–water partition coefficient (Wildman–Crippen LogP) is 0.787. The van der Waals surface area contributed by atoms with Crippen LogP contribution in [0.2, 0.25) is 0 Å². The van der Waals surface area contributed by atoms with Gasteiger partial charge in [-0.05, 0) is 11.8 Å². The van der Waals surface area contributed by atoms with Crippen LogP contribution in [0.25, 0.3) is 0 Å². The van der Waals surface area contributed by atoms with Crippen LogP contribution >= 0.6 is 0 Å². The Morgan fingerprint density at radius 1 is 0.812 bits per heavy atom. The molecule has 2 heterocycles. The maximum atomic E-state index is 3.92. The van der Waals surface area contributed by atoms with E-state index in [4.69, 9.17) is 0 Å². The van der Waals surface area contributed by atoms with Crippen LogP contribution in [0, 0.1) is 23.7 Å². The van der Waals surface area contributed by atoms with E-state index >= 15 is 0 Å². The normalized spacial score (nSPS) is 8.75. The minimum Gasteiger partial charge on any atom is -0.326 e. The molecule has 4 nitrogen and oxygen atoms in total. The molecule has 0 aliphatic rings. The topological polar surface area (TPSA) is 35.6 Å². The predicted molar refractivity (Wildman–Crippen MR) is 60.0 cm³/mol. The lowest BCUT2D eigenvalue weighted by molar-refractivity contribution is 0.838. The summed E-state index contributed by atoms with van der Waals surface area (Å²) in [7, 11) is 0. The summed E-state index contributed by atoms with van der Waals surface area (Å²) in [4.78, 5) is 7.84. The number of nitrogens with zero attached hydrogens (tertiary/aromatic N) is 4. The molecule has 2 aromatic heterocycles. The van der Waals surface area contributed by atoms with E-state index in [2.05, 4.69) is 33.6 Å². The van der Waals surface area contributed by atoms with Gasteiger partial charge in [-0.3, -0.25) is 0 Å². The van der Waals surface area contributed by atoms with Crippen molar-refractivity contribution in [3.05, 3.63) is 37.4 Å². The second kappa shape index (κ2) is 5.43. The Balaban J connectivity index is 1.79. The minimum atomic E-state index is 0.625. The van der Waals surface area contributed by atoms with Gasteiger partial charge < -0.3 is 9.13 Å². The molecule has 0 radical (unpaired) electrons. The van der Waals surface area contributed by atoms with E-state index in [1.807, 2.05) is 21.5 Å². The van der Waals surface area contributed by atoms with Gasteiger partial charge in [0.15, 0.2) is 0 Å². The van der Waals surface area contributed by atoms with E-state index in [1.54, 1.807) is 25.0 Å². The van der Waals surface area contributed by atoms with Gasteiger partial charge in [0.2, 0.25) is 0 Å². The molecule has 0 amide bonds. The van der Waals surface area contributed by atoms with E-state index in [-0.39, 0.29) is 0 Å². The third-order valence-corrected chi connectivity index (χ3v) is 1.88. The molecule has 0 saturated carbocycles. The van der Waals surface area contributed by atoms with Gasteiger partial charge in [-0.2, -0.15) is 0 Å². The molecule has 0 atom stereocenters. The number of rotatable bonds is 2. The molecule has 78 valence electrons. The van der Waals surface area contributed by atoms with Crippen molar-refractivity contribution in [1.29, 1.82) is 0 Å². The van der Waals surface area contributed by atoms with Crippen LogP contribution in [0.4, 0.5) is 0 Å². The van der Waals surface area contributed by atoms with Gasteiger partial charge in [0.1, 0.15) is 0 Å². The molecule has 0 aliphatic carbocycles. The highest BCUT2D eigenvalue weighted by molar-refractivity contribution is 5.25. The largest absolute Gasteiger partial charge is 0.326 e. The smallest absolute Gasteiger partial charge is 0.0954 e. The molecule has 4 heteroatoms. The van der Waals surface area contributed by atoms with Crippen molar-refractivity contribution in [3.63, 3.8) is 0 Å². The third-order valence-electron chi connectivity index (χ3n) is 1.88. The molecule has 0 aromatic carbocycles. The molecule has 0 aliphatic heterocycles. The monoisotopic (exact) mass is 210 g/mol. The third kappa shape index (κ3) is 3.04. The van der Waals surface area contributed by atoms with Crippen LogP contribution in [0.15, 0.2) is 37.4 Å². The second-order valence-electron chi connectivity index (χ2n) is 3.07. The van der Waals surface area contributed by atoms with Gasteiger partial charge in [-0.15, -0.1) is 0 Å². The Morgan fingerprint density at radius 2 is 1.31 bits per heavy atom. The lowest BCUT2D eigenvalue weighted by Gasteiger charge is -1.89. The summed E-state index contributed by atoms with van der Waals surface area (Å²) in [6.45, 7) is 1.25. The fourth-order valence-electron chi connectivity index (χ4n) is 1.11. The molecular weight excluding hydrogens is 200 g/mol. The van der Waals surface area contributed by atoms with Crippen molar-refractivity contribution >= 4 is 0 Å². The Hall–Kier alpha value is -2.46. The lowest BCUT2D eigenvalue weighted by atomic mass is 10.5. The first-order valence-electron chi connectivity index (χ1n) is 4.82. The van der Waals surface area contributed by atoms with E-state index in [0.29, 0.717) is 13.1 Å². The average Bonchev–Trinajstić information content (AvgIpc) is 2.96. The van der Waals surface area contributed by atoms with Crippen LogP contribution in [0.1, 0.15) is 0 Å². The molecule has 0 spiro atoms. The zero-order chi connectivity index (χ0) is 11.1. The highest BCUT2D eigenvalue weighted by Crippen LogP contribution is 1.83. The standard InChI is InChI=1S/C12H10N4/c1(3-7-15-9-5-13-11-15)2-4-8-16-10-6-14-12-16/h5-6,9-12H,7-8H2. The van der Waals surface area contributed by atoms with Gasteiger partial charge in [0.25, 0.3) is 0 Å². The van der Waals surface area contributed by atoms with Crippen molar-refractivity contribution in [3.8, 4) is 23.7 Å². The fourth-order valence-corrected chi connectivity index (χ4v) is 1.11. The van der Waals surface area contributed by atoms with Crippen LogP contribution in [-0.4, -0.2) is 19.1 Å². The van der Waals surface area contributed by atoms with Crippen molar-refractivity contribution in [2.45, 2.75) is 13.1 Å². The van der Waals surface area contributed by atoms with Gasteiger partial charge in [0.05, 0.1) is 25.7 Å². The highest BCUT2D eigenvalue weighted by Gasteiger charge is 1.82. The molecule has 16 heavy (non-hydrogen) atoms. The van der Waals surface area contributed by atoms with Crippen molar-refractivity contribution in [1.82, 2.24) is 19.1 Å². The number of aromatic nitrogens is 4. The van der Waals surface area contributed by atoms with Crippen LogP contribution in [0.5, 0.6) is 0 Å². The molecule has 2 rings (SSSR count). The quantitative estimate of drug-likeness (QED) is 0.687. The Kier molecular flexibility index (Phi) is 3.42. The van der Waals surface area contributed by atoms with Gasteiger partial charge >= 0.3 is 0 Å². The van der Waals surface area contributed by atoms with E-state index in [9.17, 15) is 0 Å². The first-order valence-corrected chi connectivity index (χ1v) is 4.82. The Bertz CT molecular complexity index is 477. The van der Waals surface area contributed by atoms with Crippen molar-refractivity contribution in [2.24, 2.45) is 0 Å². The van der Waals surface area contributed by atoms with Gasteiger partial charge in [0, 0.05) is 24.8 Å². The summed E-state index contributed by atoms with van der Waals surface area (Å²) in [5.41, 5.74) is 0. The number of hydrogen-bond donors (Lipinski definition) is 0. The minimum absolute atomic E-state index is 0.625. The maximum Gasteiger partial charge on any atom is 0.0954 e. The summed E-state index contributed by atoms with van der Waals surface area (Å²) in [5, 5.41) is 0. The van der Waals surface area contributed by atoms with E-state index < -0.39 is 0 Å².